The first-order valence-corrected chi connectivity index (χ1v) is 8.83. The van der Waals surface area contributed by atoms with E-state index >= 15 is 0 Å². The number of benzene rings is 1. The summed E-state index contributed by atoms with van der Waals surface area (Å²) >= 11 is 6.12. The van der Waals surface area contributed by atoms with Gasteiger partial charge in [0.25, 0.3) is 5.91 Å². The number of nitrogens with zero attached hydrogens (tertiary/aromatic N) is 3. The van der Waals surface area contributed by atoms with E-state index in [2.05, 4.69) is 25.6 Å². The molecule has 0 aliphatic rings. The lowest BCUT2D eigenvalue weighted by Crippen LogP contribution is -2.30. The maximum absolute atomic E-state index is 12.7. The minimum atomic E-state index is -0.152. The Balaban J connectivity index is 2.12. The highest BCUT2D eigenvalue weighted by Gasteiger charge is 2.15. The minimum Gasteiger partial charge on any atom is -0.355 e. The Morgan fingerprint density at radius 3 is 2.58 bits per heavy atom. The summed E-state index contributed by atoms with van der Waals surface area (Å²) in [5.74, 6) is 0.402. The molecule has 0 aliphatic heterocycles. The predicted molar refractivity (Wildman–Crippen MR) is 105 cm³/mol. The highest BCUT2D eigenvalue weighted by molar-refractivity contribution is 6.31. The summed E-state index contributed by atoms with van der Waals surface area (Å²) in [5, 5.41) is 7.30. The van der Waals surface area contributed by atoms with E-state index in [1.165, 1.54) is 0 Å². The van der Waals surface area contributed by atoms with E-state index in [-0.39, 0.29) is 11.9 Å². The SMILES string of the molecule is CCNc1ncc(-c2cc(C(=O)NC(C)C)c3ccc(Cl)cc3n2)cn1. The Hall–Kier alpha value is -2.73. The van der Waals surface area contributed by atoms with Crippen LogP contribution in [0.1, 0.15) is 31.1 Å². The molecule has 0 saturated carbocycles. The van der Waals surface area contributed by atoms with E-state index < -0.39 is 0 Å². The van der Waals surface area contributed by atoms with E-state index in [0.717, 1.165) is 17.5 Å². The number of carbonyl (C=O) groups excluding carboxylic acids is 1. The Morgan fingerprint density at radius 1 is 1.19 bits per heavy atom. The monoisotopic (exact) mass is 369 g/mol. The van der Waals surface area contributed by atoms with E-state index in [4.69, 9.17) is 11.6 Å². The fraction of sp³-hybridized carbons (Fsp3) is 0.263. The number of amides is 1. The number of rotatable bonds is 5. The number of pyridine rings is 1. The van der Waals surface area contributed by atoms with Crippen LogP contribution < -0.4 is 10.6 Å². The Labute approximate surface area is 157 Å². The van der Waals surface area contributed by atoms with Gasteiger partial charge in [-0.05, 0) is 39.0 Å². The molecule has 1 amide bonds. The third-order valence-electron chi connectivity index (χ3n) is 3.72. The highest BCUT2D eigenvalue weighted by Crippen LogP contribution is 2.26. The van der Waals surface area contributed by atoms with E-state index in [1.807, 2.05) is 26.8 Å². The van der Waals surface area contributed by atoms with Gasteiger partial charge in [-0.15, -0.1) is 0 Å². The second-order valence-corrected chi connectivity index (χ2v) is 6.61. The predicted octanol–water partition coefficient (Wildman–Crippen LogP) is 3.92. The third-order valence-corrected chi connectivity index (χ3v) is 3.95. The minimum absolute atomic E-state index is 0.0317. The van der Waals surface area contributed by atoms with Crippen molar-refractivity contribution < 1.29 is 4.79 Å². The van der Waals surface area contributed by atoms with Crippen molar-refractivity contribution in [2.45, 2.75) is 26.8 Å². The van der Waals surface area contributed by atoms with Crippen LogP contribution in [0.5, 0.6) is 0 Å². The quantitative estimate of drug-likeness (QED) is 0.712. The lowest BCUT2D eigenvalue weighted by molar-refractivity contribution is 0.0945. The van der Waals surface area contributed by atoms with Crippen LogP contribution in [0.2, 0.25) is 5.02 Å². The standard InChI is InChI=1S/C19H20ClN5O/c1-4-21-19-22-9-12(10-23-19)16-8-15(18(26)24-11(2)3)14-6-5-13(20)7-17(14)25-16/h5-11H,4H2,1-3H3,(H,24,26)(H,21,22,23). The molecule has 1 aromatic carbocycles. The topological polar surface area (TPSA) is 79.8 Å². The van der Waals surface area contributed by atoms with Crippen molar-refractivity contribution in [1.82, 2.24) is 20.3 Å². The van der Waals surface area contributed by atoms with Crippen molar-refractivity contribution in [2.75, 3.05) is 11.9 Å². The summed E-state index contributed by atoms with van der Waals surface area (Å²) < 4.78 is 0. The molecule has 0 atom stereocenters. The number of aromatic nitrogens is 3. The van der Waals surface area contributed by atoms with Gasteiger partial charge in [0.05, 0.1) is 16.8 Å². The molecule has 0 bridgehead atoms. The number of hydrogen-bond acceptors (Lipinski definition) is 5. The van der Waals surface area contributed by atoms with E-state index in [9.17, 15) is 4.79 Å². The number of fused-ring (bicyclic) bond motifs is 1. The summed E-state index contributed by atoms with van der Waals surface area (Å²) in [4.78, 5) is 25.9. The molecule has 2 aromatic heterocycles. The van der Waals surface area contributed by atoms with Gasteiger partial charge in [0.2, 0.25) is 5.95 Å². The van der Waals surface area contributed by atoms with Crippen LogP contribution in [0.4, 0.5) is 5.95 Å². The van der Waals surface area contributed by atoms with Gasteiger partial charge in [-0.25, -0.2) is 15.0 Å². The zero-order chi connectivity index (χ0) is 18.7. The number of carbonyl (C=O) groups is 1. The summed E-state index contributed by atoms with van der Waals surface area (Å²) in [6.07, 6.45) is 3.38. The zero-order valence-corrected chi connectivity index (χ0v) is 15.6. The van der Waals surface area contributed by atoms with Gasteiger partial charge in [-0.1, -0.05) is 17.7 Å². The van der Waals surface area contributed by atoms with Crippen LogP contribution in [0, 0.1) is 0 Å². The molecule has 0 radical (unpaired) electrons. The highest BCUT2D eigenvalue weighted by atomic mass is 35.5. The Morgan fingerprint density at radius 2 is 1.92 bits per heavy atom. The summed E-state index contributed by atoms with van der Waals surface area (Å²) in [5.41, 5.74) is 2.55. The van der Waals surface area contributed by atoms with Crippen molar-refractivity contribution in [2.24, 2.45) is 0 Å². The average Bonchev–Trinajstić information content (AvgIpc) is 2.60. The lowest BCUT2D eigenvalue weighted by Gasteiger charge is -2.12. The van der Waals surface area contributed by atoms with E-state index in [1.54, 1.807) is 30.6 Å². The number of hydrogen-bond donors (Lipinski definition) is 2. The first-order chi connectivity index (χ1) is 12.5. The van der Waals surface area contributed by atoms with Gasteiger partial charge in [-0.3, -0.25) is 4.79 Å². The summed E-state index contributed by atoms with van der Waals surface area (Å²) in [7, 11) is 0. The summed E-state index contributed by atoms with van der Waals surface area (Å²) in [6, 6.07) is 7.12. The van der Waals surface area contributed by atoms with Crippen molar-refractivity contribution in [3.05, 3.63) is 47.2 Å². The molecule has 7 heteroatoms. The first kappa shape index (κ1) is 18.1. The van der Waals surface area contributed by atoms with Crippen molar-refractivity contribution in [3.8, 4) is 11.3 Å². The maximum Gasteiger partial charge on any atom is 0.252 e. The van der Waals surface area contributed by atoms with Crippen LogP contribution in [0.15, 0.2) is 36.7 Å². The lowest BCUT2D eigenvalue weighted by atomic mass is 10.0. The average molecular weight is 370 g/mol. The maximum atomic E-state index is 12.7. The fourth-order valence-electron chi connectivity index (χ4n) is 2.59. The molecule has 6 nitrogen and oxygen atoms in total. The molecule has 134 valence electrons. The van der Waals surface area contributed by atoms with Crippen LogP contribution in [-0.2, 0) is 0 Å². The third kappa shape index (κ3) is 3.91. The Bertz CT molecular complexity index is 941. The second kappa shape index (κ2) is 7.66. The van der Waals surface area contributed by atoms with Crippen molar-refractivity contribution in [3.63, 3.8) is 0 Å². The molecular weight excluding hydrogens is 350 g/mol. The molecule has 0 saturated heterocycles. The molecule has 3 rings (SSSR count). The zero-order valence-electron chi connectivity index (χ0n) is 14.9. The van der Waals surface area contributed by atoms with Gasteiger partial charge < -0.3 is 10.6 Å². The van der Waals surface area contributed by atoms with Crippen LogP contribution in [0.3, 0.4) is 0 Å². The normalized spacial score (nSPS) is 11.0. The van der Waals surface area contributed by atoms with Gasteiger partial charge in [-0.2, -0.15) is 0 Å². The molecule has 3 aromatic rings. The van der Waals surface area contributed by atoms with Gasteiger partial charge in [0.15, 0.2) is 0 Å². The van der Waals surface area contributed by atoms with Crippen molar-refractivity contribution >= 4 is 34.4 Å². The van der Waals surface area contributed by atoms with Crippen LogP contribution >= 0.6 is 11.6 Å². The molecule has 2 heterocycles. The smallest absolute Gasteiger partial charge is 0.252 e. The van der Waals surface area contributed by atoms with Gasteiger partial charge in [0.1, 0.15) is 0 Å². The van der Waals surface area contributed by atoms with E-state index in [0.29, 0.717) is 27.7 Å². The van der Waals surface area contributed by atoms with Crippen molar-refractivity contribution in [1.29, 1.82) is 0 Å². The second-order valence-electron chi connectivity index (χ2n) is 6.17. The van der Waals surface area contributed by atoms with Crippen LogP contribution in [-0.4, -0.2) is 33.4 Å². The largest absolute Gasteiger partial charge is 0.355 e. The fourth-order valence-corrected chi connectivity index (χ4v) is 2.75. The van der Waals surface area contributed by atoms with Gasteiger partial charge >= 0.3 is 0 Å². The number of halogens is 1. The molecular formula is C19H20ClN5O. The molecule has 2 N–H and O–H groups in total. The molecule has 0 aliphatic carbocycles. The summed E-state index contributed by atoms with van der Waals surface area (Å²) in [6.45, 7) is 6.57. The van der Waals surface area contributed by atoms with Crippen LogP contribution in [0.25, 0.3) is 22.2 Å². The molecule has 0 spiro atoms. The van der Waals surface area contributed by atoms with Gasteiger partial charge in [0, 0.05) is 41.0 Å². The molecule has 26 heavy (non-hydrogen) atoms. The number of nitrogens with one attached hydrogen (secondary N) is 2. The first-order valence-electron chi connectivity index (χ1n) is 8.45. The Kier molecular flexibility index (Phi) is 5.32. The molecule has 0 unspecified atom stereocenters. The molecule has 0 fully saturated rings. The number of anilines is 1.